The molecule has 0 spiro atoms. The molecule has 0 aliphatic carbocycles. The summed E-state index contributed by atoms with van der Waals surface area (Å²) in [7, 11) is 0. The van der Waals surface area contributed by atoms with Crippen molar-refractivity contribution in [1.29, 1.82) is 0 Å². The zero-order valence-corrected chi connectivity index (χ0v) is 12.1. The number of carboxylic acids is 1. The van der Waals surface area contributed by atoms with Crippen LogP contribution in [0.4, 0.5) is 14.5 Å². The Morgan fingerprint density at radius 3 is 2.43 bits per heavy atom. The monoisotopic (exact) mass is 295 g/mol. The molecule has 3 nitrogen and oxygen atoms in total. The van der Waals surface area contributed by atoms with Crippen molar-refractivity contribution in [2.75, 3.05) is 18.0 Å². The molecular formula is C16H19F2NO2. The number of aliphatic carboxylic acids is 1. The summed E-state index contributed by atoms with van der Waals surface area (Å²) >= 11 is 0. The van der Waals surface area contributed by atoms with E-state index >= 15 is 0 Å². The minimum Gasteiger partial charge on any atom is -0.478 e. The minimum absolute atomic E-state index is 0.0128. The van der Waals surface area contributed by atoms with Crippen LogP contribution in [0.25, 0.3) is 6.08 Å². The fourth-order valence-corrected chi connectivity index (χ4v) is 2.62. The molecule has 1 aromatic rings. The summed E-state index contributed by atoms with van der Waals surface area (Å²) < 4.78 is 28.4. The molecule has 114 valence electrons. The van der Waals surface area contributed by atoms with Gasteiger partial charge in [0.15, 0.2) is 0 Å². The van der Waals surface area contributed by atoms with E-state index in [1.807, 2.05) is 0 Å². The van der Waals surface area contributed by atoms with Crippen LogP contribution >= 0.6 is 0 Å². The van der Waals surface area contributed by atoms with E-state index in [1.54, 1.807) is 4.90 Å². The zero-order valence-electron chi connectivity index (χ0n) is 12.1. The van der Waals surface area contributed by atoms with Crippen molar-refractivity contribution in [3.05, 3.63) is 35.4 Å². The van der Waals surface area contributed by atoms with Gasteiger partial charge in [-0.2, -0.15) is 0 Å². The summed E-state index contributed by atoms with van der Waals surface area (Å²) in [5.74, 6) is -1.53. The third kappa shape index (κ3) is 3.60. The molecule has 21 heavy (non-hydrogen) atoms. The van der Waals surface area contributed by atoms with Crippen molar-refractivity contribution in [2.24, 2.45) is 11.8 Å². The maximum absolute atomic E-state index is 14.2. The number of carboxylic acid groups (broad SMARTS) is 1. The predicted molar refractivity (Wildman–Crippen MR) is 78.2 cm³/mol. The van der Waals surface area contributed by atoms with Gasteiger partial charge in [0.1, 0.15) is 17.3 Å². The zero-order chi connectivity index (χ0) is 15.6. The van der Waals surface area contributed by atoms with Crippen LogP contribution in [-0.4, -0.2) is 24.2 Å². The number of piperidine rings is 1. The average molecular weight is 295 g/mol. The second kappa shape index (κ2) is 6.24. The molecule has 1 heterocycles. The molecule has 1 fully saturated rings. The fourth-order valence-electron chi connectivity index (χ4n) is 2.62. The van der Waals surface area contributed by atoms with E-state index < -0.39 is 17.6 Å². The molecule has 2 rings (SSSR count). The van der Waals surface area contributed by atoms with Crippen LogP contribution in [0.3, 0.4) is 0 Å². The highest BCUT2D eigenvalue weighted by Crippen LogP contribution is 2.31. The summed E-state index contributed by atoms with van der Waals surface area (Å²) in [5.41, 5.74) is 0.191. The first kappa shape index (κ1) is 15.5. The number of rotatable bonds is 3. The summed E-state index contributed by atoms with van der Waals surface area (Å²) in [6, 6.07) is 2.33. The van der Waals surface area contributed by atoms with Crippen molar-refractivity contribution in [1.82, 2.24) is 0 Å². The largest absolute Gasteiger partial charge is 0.478 e. The maximum Gasteiger partial charge on any atom is 0.328 e. The molecule has 2 unspecified atom stereocenters. The van der Waals surface area contributed by atoms with Crippen LogP contribution in [0.1, 0.15) is 25.8 Å². The van der Waals surface area contributed by atoms with Gasteiger partial charge in [0.05, 0.1) is 0 Å². The molecule has 1 aliphatic rings. The van der Waals surface area contributed by atoms with Crippen LogP contribution in [-0.2, 0) is 4.79 Å². The molecule has 1 saturated heterocycles. The number of hydrogen-bond acceptors (Lipinski definition) is 2. The van der Waals surface area contributed by atoms with Gasteiger partial charge in [-0.3, -0.25) is 0 Å². The summed E-state index contributed by atoms with van der Waals surface area (Å²) in [4.78, 5) is 12.2. The Balaban J connectivity index is 2.27. The molecule has 1 N–H and O–H groups in total. The molecular weight excluding hydrogens is 276 g/mol. The molecule has 0 bridgehead atoms. The first-order chi connectivity index (χ1) is 9.88. The van der Waals surface area contributed by atoms with Crippen molar-refractivity contribution in [2.45, 2.75) is 20.3 Å². The predicted octanol–water partition coefficient (Wildman–Crippen LogP) is 3.54. The molecule has 1 aliphatic heterocycles. The van der Waals surface area contributed by atoms with Crippen molar-refractivity contribution >= 4 is 17.7 Å². The van der Waals surface area contributed by atoms with Gasteiger partial charge in [0, 0.05) is 19.2 Å². The van der Waals surface area contributed by atoms with Crippen molar-refractivity contribution in [3.8, 4) is 0 Å². The number of anilines is 1. The lowest BCUT2D eigenvalue weighted by Gasteiger charge is -2.37. The van der Waals surface area contributed by atoms with Gasteiger partial charge in [-0.05, 0) is 42.0 Å². The van der Waals surface area contributed by atoms with Crippen LogP contribution in [0.2, 0.25) is 0 Å². The van der Waals surface area contributed by atoms with Gasteiger partial charge in [0.2, 0.25) is 0 Å². The molecule has 0 aromatic heterocycles. The fraction of sp³-hybridized carbons (Fsp3) is 0.438. The Bertz CT molecular complexity index is 548. The maximum atomic E-state index is 14.2. The molecule has 0 radical (unpaired) electrons. The van der Waals surface area contributed by atoms with Gasteiger partial charge in [-0.1, -0.05) is 13.8 Å². The van der Waals surface area contributed by atoms with E-state index in [-0.39, 0.29) is 11.3 Å². The first-order valence-electron chi connectivity index (χ1n) is 7.03. The van der Waals surface area contributed by atoms with E-state index in [1.165, 1.54) is 18.2 Å². The van der Waals surface area contributed by atoms with Gasteiger partial charge >= 0.3 is 5.97 Å². The lowest BCUT2D eigenvalue weighted by molar-refractivity contribution is -0.131. The third-order valence-corrected chi connectivity index (χ3v) is 4.11. The Kier molecular flexibility index (Phi) is 4.60. The summed E-state index contributed by atoms with van der Waals surface area (Å²) in [6.07, 6.45) is 2.94. The van der Waals surface area contributed by atoms with E-state index in [4.69, 9.17) is 5.11 Å². The smallest absolute Gasteiger partial charge is 0.328 e. The highest BCUT2D eigenvalue weighted by atomic mass is 19.1. The molecule has 2 atom stereocenters. The number of hydrogen-bond donors (Lipinski definition) is 1. The Morgan fingerprint density at radius 1 is 1.29 bits per heavy atom. The molecule has 1 aromatic carbocycles. The number of nitrogens with zero attached hydrogens (tertiary/aromatic N) is 1. The molecule has 0 amide bonds. The SMILES string of the molecule is CC1CCN(c2c(F)cc(/C=C/C(=O)O)cc2F)CC1C. The second-order valence-corrected chi connectivity index (χ2v) is 5.69. The standard InChI is InChI=1S/C16H19F2NO2/c1-10-5-6-19(9-11(10)2)16-13(17)7-12(8-14(16)18)3-4-15(20)21/h3-4,7-8,10-11H,5-6,9H2,1-2H3,(H,20,21)/b4-3+. The lowest BCUT2D eigenvalue weighted by atomic mass is 9.88. The number of halogens is 2. The van der Waals surface area contributed by atoms with Crippen LogP contribution < -0.4 is 4.90 Å². The summed E-state index contributed by atoms with van der Waals surface area (Å²) in [5, 5.41) is 8.54. The van der Waals surface area contributed by atoms with Crippen LogP contribution in [0, 0.1) is 23.5 Å². The minimum atomic E-state index is -1.15. The van der Waals surface area contributed by atoms with E-state index in [0.717, 1.165) is 12.5 Å². The Morgan fingerprint density at radius 2 is 1.90 bits per heavy atom. The number of benzene rings is 1. The first-order valence-corrected chi connectivity index (χ1v) is 7.03. The lowest BCUT2D eigenvalue weighted by Crippen LogP contribution is -2.39. The average Bonchev–Trinajstić information content (AvgIpc) is 2.39. The quantitative estimate of drug-likeness (QED) is 0.867. The van der Waals surface area contributed by atoms with E-state index in [2.05, 4.69) is 13.8 Å². The highest BCUT2D eigenvalue weighted by Gasteiger charge is 2.26. The van der Waals surface area contributed by atoms with Crippen molar-refractivity contribution in [3.63, 3.8) is 0 Å². The van der Waals surface area contributed by atoms with E-state index in [9.17, 15) is 13.6 Å². The Labute approximate surface area is 122 Å². The number of carbonyl (C=O) groups is 1. The topological polar surface area (TPSA) is 40.5 Å². The second-order valence-electron chi connectivity index (χ2n) is 5.69. The summed E-state index contributed by atoms with van der Waals surface area (Å²) in [6.45, 7) is 5.48. The third-order valence-electron chi connectivity index (χ3n) is 4.11. The normalized spacial score (nSPS) is 22.8. The molecule has 5 heteroatoms. The molecule has 0 saturated carbocycles. The van der Waals surface area contributed by atoms with Crippen molar-refractivity contribution < 1.29 is 18.7 Å². The van der Waals surface area contributed by atoms with Crippen LogP contribution in [0.5, 0.6) is 0 Å². The van der Waals surface area contributed by atoms with Gasteiger partial charge in [-0.25, -0.2) is 13.6 Å². The van der Waals surface area contributed by atoms with Crippen LogP contribution in [0.15, 0.2) is 18.2 Å². The van der Waals surface area contributed by atoms with Gasteiger partial charge < -0.3 is 10.0 Å². The van der Waals surface area contributed by atoms with Gasteiger partial charge in [-0.15, -0.1) is 0 Å². The van der Waals surface area contributed by atoms with E-state index in [0.29, 0.717) is 24.9 Å². The Hall–Kier alpha value is -1.91. The van der Waals surface area contributed by atoms with Gasteiger partial charge in [0.25, 0.3) is 0 Å². The highest BCUT2D eigenvalue weighted by molar-refractivity contribution is 5.85.